The van der Waals surface area contributed by atoms with Gasteiger partial charge in [0.1, 0.15) is 11.6 Å². The highest BCUT2D eigenvalue weighted by atomic mass is 16.5. The molecule has 0 saturated heterocycles. The molecule has 0 aliphatic rings. The second-order valence-electron chi connectivity index (χ2n) is 8.33. The number of amides is 1. The number of benzene rings is 2. The first-order chi connectivity index (χ1) is 14.9. The first kappa shape index (κ1) is 22.9. The van der Waals surface area contributed by atoms with E-state index in [4.69, 9.17) is 9.72 Å². The molecule has 0 spiro atoms. The number of carbonyl (C=O) groups is 1. The van der Waals surface area contributed by atoms with Crippen LogP contribution in [0.4, 0.5) is 0 Å². The molecule has 1 N–H and O–H groups in total. The molecular weight excluding hydrogens is 386 g/mol. The fourth-order valence-electron chi connectivity index (χ4n) is 3.98. The molecule has 1 heterocycles. The lowest BCUT2D eigenvalue weighted by Gasteiger charge is -2.19. The lowest BCUT2D eigenvalue weighted by atomic mass is 10.0. The third-order valence-electron chi connectivity index (χ3n) is 5.91. The summed E-state index contributed by atoms with van der Waals surface area (Å²) in [6.45, 7) is 11.7. The first-order valence-corrected chi connectivity index (χ1v) is 11.4. The number of rotatable bonds is 10. The van der Waals surface area contributed by atoms with Gasteiger partial charge in [0.05, 0.1) is 23.7 Å². The van der Waals surface area contributed by atoms with E-state index < -0.39 is 0 Å². The molecule has 0 aliphatic heterocycles. The molecule has 2 aromatic carbocycles. The number of aromatic nitrogens is 2. The number of hydrogen-bond acceptors (Lipinski definition) is 3. The number of hydrogen-bond donors (Lipinski definition) is 1. The minimum absolute atomic E-state index is 0.0475. The van der Waals surface area contributed by atoms with Crippen molar-refractivity contribution in [2.75, 3.05) is 6.61 Å². The zero-order chi connectivity index (χ0) is 22.4. The van der Waals surface area contributed by atoms with Crippen LogP contribution in [-0.2, 0) is 11.3 Å². The molecule has 1 unspecified atom stereocenters. The number of para-hydroxylation sites is 2. The van der Waals surface area contributed by atoms with Crippen LogP contribution in [0.5, 0.6) is 5.75 Å². The molecule has 0 bridgehead atoms. The molecule has 5 heteroatoms. The van der Waals surface area contributed by atoms with E-state index in [1.807, 2.05) is 25.1 Å². The molecule has 1 aromatic heterocycles. The van der Waals surface area contributed by atoms with Crippen LogP contribution < -0.4 is 10.1 Å². The Hall–Kier alpha value is -2.82. The second-order valence-corrected chi connectivity index (χ2v) is 8.33. The van der Waals surface area contributed by atoms with Gasteiger partial charge in [0, 0.05) is 12.5 Å². The molecule has 5 nitrogen and oxygen atoms in total. The lowest BCUT2D eigenvalue weighted by molar-refractivity contribution is -0.125. The summed E-state index contributed by atoms with van der Waals surface area (Å²) in [6.07, 6.45) is 2.55. The zero-order valence-corrected chi connectivity index (χ0v) is 19.4. The van der Waals surface area contributed by atoms with Crippen molar-refractivity contribution < 1.29 is 9.53 Å². The smallest absolute Gasteiger partial charge is 0.223 e. The van der Waals surface area contributed by atoms with E-state index in [1.54, 1.807) is 0 Å². The third-order valence-corrected chi connectivity index (χ3v) is 5.91. The maximum absolute atomic E-state index is 12.6. The van der Waals surface area contributed by atoms with E-state index in [-0.39, 0.29) is 17.9 Å². The molecule has 1 amide bonds. The highest BCUT2D eigenvalue weighted by molar-refractivity contribution is 5.79. The van der Waals surface area contributed by atoms with E-state index in [2.05, 4.69) is 61.8 Å². The van der Waals surface area contributed by atoms with Gasteiger partial charge in [-0.2, -0.15) is 0 Å². The van der Waals surface area contributed by atoms with Crippen molar-refractivity contribution in [1.29, 1.82) is 0 Å². The van der Waals surface area contributed by atoms with E-state index >= 15 is 0 Å². The average molecular weight is 422 g/mol. The van der Waals surface area contributed by atoms with E-state index in [0.29, 0.717) is 6.61 Å². The molecule has 0 saturated carbocycles. The number of carbonyl (C=O) groups excluding carboxylic acids is 1. The topological polar surface area (TPSA) is 56.2 Å². The Labute approximate surface area is 185 Å². The van der Waals surface area contributed by atoms with Gasteiger partial charge in [0.25, 0.3) is 0 Å². The van der Waals surface area contributed by atoms with Crippen LogP contribution in [0, 0.1) is 19.8 Å². The predicted octanol–water partition coefficient (Wildman–Crippen LogP) is 5.74. The van der Waals surface area contributed by atoms with Crippen LogP contribution >= 0.6 is 0 Å². The molecule has 0 aliphatic carbocycles. The lowest BCUT2D eigenvalue weighted by Crippen LogP contribution is -2.33. The second kappa shape index (κ2) is 10.5. The third kappa shape index (κ3) is 5.46. The predicted molar refractivity (Wildman–Crippen MR) is 126 cm³/mol. The van der Waals surface area contributed by atoms with Crippen molar-refractivity contribution in [2.24, 2.45) is 5.92 Å². The maximum Gasteiger partial charge on any atom is 0.223 e. The number of ether oxygens (including phenoxy) is 1. The van der Waals surface area contributed by atoms with Gasteiger partial charge in [-0.15, -0.1) is 0 Å². The van der Waals surface area contributed by atoms with Gasteiger partial charge >= 0.3 is 0 Å². The Morgan fingerprint density at radius 3 is 2.61 bits per heavy atom. The minimum atomic E-state index is -0.152. The normalized spacial score (nSPS) is 12.3. The van der Waals surface area contributed by atoms with Gasteiger partial charge in [-0.1, -0.05) is 38.1 Å². The Bertz CT molecular complexity index is 1020. The fourth-order valence-corrected chi connectivity index (χ4v) is 3.98. The molecule has 3 rings (SSSR count). The Balaban J connectivity index is 1.73. The standard InChI is InChI=1S/C26H35N3O2/c1-6-21(7-2)26(30)27-20(5)25-28-22-11-8-9-12-23(22)29(25)15-10-16-31-24-17-18(3)13-14-19(24)4/h8-9,11-14,17,20-21H,6-7,10,15-16H2,1-5H3,(H,27,30). The molecule has 166 valence electrons. The SMILES string of the molecule is CCC(CC)C(=O)NC(C)c1nc2ccccc2n1CCCOc1cc(C)ccc1C. The Kier molecular flexibility index (Phi) is 7.72. The van der Waals surface area contributed by atoms with Crippen LogP contribution in [0.15, 0.2) is 42.5 Å². The Morgan fingerprint density at radius 2 is 1.87 bits per heavy atom. The molecule has 3 aromatic rings. The summed E-state index contributed by atoms with van der Waals surface area (Å²) in [7, 11) is 0. The van der Waals surface area contributed by atoms with Crippen molar-refractivity contribution in [2.45, 2.75) is 66.5 Å². The number of imidazole rings is 1. The monoisotopic (exact) mass is 421 g/mol. The summed E-state index contributed by atoms with van der Waals surface area (Å²) in [5.74, 6) is 1.99. The number of nitrogens with zero attached hydrogens (tertiary/aromatic N) is 2. The van der Waals surface area contributed by atoms with Gasteiger partial charge in [0.15, 0.2) is 0 Å². The molecule has 1 atom stereocenters. The highest BCUT2D eigenvalue weighted by Gasteiger charge is 2.21. The van der Waals surface area contributed by atoms with Crippen molar-refractivity contribution in [3.05, 3.63) is 59.4 Å². The minimum Gasteiger partial charge on any atom is -0.493 e. The summed E-state index contributed by atoms with van der Waals surface area (Å²) in [6, 6.07) is 14.3. The number of aryl methyl sites for hydroxylation is 3. The molecular formula is C26H35N3O2. The van der Waals surface area contributed by atoms with Crippen LogP contribution in [0.1, 0.15) is 63.0 Å². The Morgan fingerprint density at radius 1 is 1.13 bits per heavy atom. The number of nitrogens with one attached hydrogen (secondary N) is 1. The molecule has 0 fully saturated rings. The van der Waals surface area contributed by atoms with Crippen molar-refractivity contribution in [1.82, 2.24) is 14.9 Å². The van der Waals surface area contributed by atoms with Crippen LogP contribution in [0.25, 0.3) is 11.0 Å². The van der Waals surface area contributed by atoms with Crippen molar-refractivity contribution >= 4 is 16.9 Å². The summed E-state index contributed by atoms with van der Waals surface area (Å²) in [4.78, 5) is 17.5. The van der Waals surface area contributed by atoms with Crippen LogP contribution in [-0.4, -0.2) is 22.1 Å². The highest BCUT2D eigenvalue weighted by Crippen LogP contribution is 2.23. The van der Waals surface area contributed by atoms with Gasteiger partial charge in [-0.25, -0.2) is 4.98 Å². The summed E-state index contributed by atoms with van der Waals surface area (Å²) in [5.41, 5.74) is 4.40. The van der Waals surface area contributed by atoms with Gasteiger partial charge in [-0.3, -0.25) is 4.79 Å². The van der Waals surface area contributed by atoms with Gasteiger partial charge in [0.2, 0.25) is 5.91 Å². The van der Waals surface area contributed by atoms with E-state index in [0.717, 1.165) is 54.0 Å². The van der Waals surface area contributed by atoms with E-state index in [9.17, 15) is 4.79 Å². The van der Waals surface area contributed by atoms with Crippen LogP contribution in [0.2, 0.25) is 0 Å². The van der Waals surface area contributed by atoms with Crippen molar-refractivity contribution in [3.63, 3.8) is 0 Å². The van der Waals surface area contributed by atoms with Crippen LogP contribution in [0.3, 0.4) is 0 Å². The first-order valence-electron chi connectivity index (χ1n) is 11.4. The molecule has 31 heavy (non-hydrogen) atoms. The van der Waals surface area contributed by atoms with E-state index in [1.165, 1.54) is 5.56 Å². The molecule has 0 radical (unpaired) electrons. The summed E-state index contributed by atoms with van der Waals surface area (Å²) >= 11 is 0. The summed E-state index contributed by atoms with van der Waals surface area (Å²) in [5, 5.41) is 3.18. The largest absolute Gasteiger partial charge is 0.493 e. The fraction of sp³-hybridized carbons (Fsp3) is 0.462. The van der Waals surface area contributed by atoms with Crippen molar-refractivity contribution in [3.8, 4) is 5.75 Å². The van der Waals surface area contributed by atoms with Gasteiger partial charge < -0.3 is 14.6 Å². The maximum atomic E-state index is 12.6. The van der Waals surface area contributed by atoms with Gasteiger partial charge in [-0.05, 0) is 69.4 Å². The average Bonchev–Trinajstić information content (AvgIpc) is 3.13. The number of fused-ring (bicyclic) bond motifs is 1. The quantitative estimate of drug-likeness (QED) is 0.425. The summed E-state index contributed by atoms with van der Waals surface area (Å²) < 4.78 is 8.27. The zero-order valence-electron chi connectivity index (χ0n) is 19.4.